The van der Waals surface area contributed by atoms with Crippen LogP contribution in [0.4, 0.5) is 17.2 Å². The number of hydrogen-bond donors (Lipinski definition) is 0. The van der Waals surface area contributed by atoms with Gasteiger partial charge in [-0.05, 0) is 75.2 Å². The summed E-state index contributed by atoms with van der Waals surface area (Å²) in [5.41, 5.74) is 12.4. The van der Waals surface area contributed by atoms with Crippen LogP contribution in [-0.4, -0.2) is 9.97 Å². The molecule has 6 aromatic rings. The Bertz CT molecular complexity index is 1900. The third kappa shape index (κ3) is 2.84. The van der Waals surface area contributed by atoms with Crippen LogP contribution >= 0.6 is 0 Å². The van der Waals surface area contributed by atoms with E-state index >= 15 is 0 Å². The molecule has 0 spiro atoms. The molecule has 0 amide bonds. The maximum Gasteiger partial charge on any atom is 0.138 e. The van der Waals surface area contributed by atoms with Crippen molar-refractivity contribution in [2.45, 2.75) is 19.3 Å². The largest absolute Gasteiger partial charge is 0.294 e. The minimum absolute atomic E-state index is 0.0828. The van der Waals surface area contributed by atoms with Crippen LogP contribution in [0, 0.1) is 0 Å². The second kappa shape index (κ2) is 7.62. The molecule has 3 nitrogen and oxygen atoms in total. The average molecular weight is 488 g/mol. The topological polar surface area (TPSA) is 29.0 Å². The molecule has 0 saturated carbocycles. The van der Waals surface area contributed by atoms with Gasteiger partial charge in [-0.25, -0.2) is 4.98 Å². The average Bonchev–Trinajstić information content (AvgIpc) is 3.19. The normalized spacial score (nSPS) is 14.2. The molecule has 3 heterocycles. The van der Waals surface area contributed by atoms with Crippen LogP contribution in [0.5, 0.6) is 0 Å². The van der Waals surface area contributed by atoms with E-state index in [0.29, 0.717) is 0 Å². The van der Waals surface area contributed by atoms with Gasteiger partial charge in [-0.15, -0.1) is 0 Å². The van der Waals surface area contributed by atoms with Gasteiger partial charge in [0.2, 0.25) is 0 Å². The fraction of sp³-hybridized carbons (Fsp3) is 0.0857. The number of nitrogens with zero attached hydrogens (tertiary/aromatic N) is 3. The lowest BCUT2D eigenvalue weighted by atomic mass is 9.81. The number of fused-ring (bicyclic) bond motifs is 5. The first-order valence-electron chi connectivity index (χ1n) is 13.1. The van der Waals surface area contributed by atoms with Crippen LogP contribution in [0.25, 0.3) is 44.2 Å². The molecule has 0 unspecified atom stereocenters. The van der Waals surface area contributed by atoms with Crippen molar-refractivity contribution in [3.63, 3.8) is 0 Å². The lowest BCUT2D eigenvalue weighted by Gasteiger charge is -2.34. The maximum absolute atomic E-state index is 4.92. The Labute approximate surface area is 222 Å². The Morgan fingerprint density at radius 3 is 2.32 bits per heavy atom. The number of aromatic nitrogens is 2. The van der Waals surface area contributed by atoms with Crippen LogP contribution in [0.3, 0.4) is 0 Å². The van der Waals surface area contributed by atoms with Gasteiger partial charge in [-0.1, -0.05) is 74.5 Å². The van der Waals surface area contributed by atoms with Crippen molar-refractivity contribution in [1.82, 2.24) is 9.97 Å². The second-order valence-electron chi connectivity index (χ2n) is 10.7. The van der Waals surface area contributed by atoms with E-state index in [1.54, 1.807) is 0 Å². The smallest absolute Gasteiger partial charge is 0.138 e. The van der Waals surface area contributed by atoms with Gasteiger partial charge in [0.25, 0.3) is 0 Å². The zero-order chi connectivity index (χ0) is 25.4. The highest BCUT2D eigenvalue weighted by Gasteiger charge is 2.38. The molecule has 0 radical (unpaired) electrons. The first-order valence-corrected chi connectivity index (χ1v) is 13.1. The zero-order valence-corrected chi connectivity index (χ0v) is 21.3. The van der Waals surface area contributed by atoms with Crippen LogP contribution < -0.4 is 4.90 Å². The molecule has 180 valence electrons. The Morgan fingerprint density at radius 2 is 1.45 bits per heavy atom. The predicted molar refractivity (Wildman–Crippen MR) is 156 cm³/mol. The second-order valence-corrected chi connectivity index (χ2v) is 10.7. The highest BCUT2D eigenvalue weighted by molar-refractivity contribution is 6.14. The van der Waals surface area contributed by atoms with Crippen LogP contribution in [-0.2, 0) is 5.41 Å². The van der Waals surface area contributed by atoms with E-state index in [0.717, 1.165) is 22.6 Å². The number of anilines is 3. The third-order valence-electron chi connectivity index (χ3n) is 8.32. The van der Waals surface area contributed by atoms with Gasteiger partial charge < -0.3 is 0 Å². The summed E-state index contributed by atoms with van der Waals surface area (Å²) in [4.78, 5) is 11.6. The Kier molecular flexibility index (Phi) is 4.28. The van der Waals surface area contributed by atoms with Crippen LogP contribution in [0.2, 0.25) is 0 Å². The van der Waals surface area contributed by atoms with E-state index in [-0.39, 0.29) is 5.41 Å². The number of benzene rings is 4. The van der Waals surface area contributed by atoms with Gasteiger partial charge >= 0.3 is 0 Å². The molecule has 2 aliphatic rings. The Morgan fingerprint density at radius 1 is 0.605 bits per heavy atom. The molecule has 0 atom stereocenters. The highest BCUT2D eigenvalue weighted by atomic mass is 15.2. The first-order chi connectivity index (χ1) is 18.6. The summed E-state index contributed by atoms with van der Waals surface area (Å²) in [7, 11) is 0. The fourth-order valence-corrected chi connectivity index (χ4v) is 6.50. The molecule has 0 bridgehead atoms. The summed E-state index contributed by atoms with van der Waals surface area (Å²) in [5.74, 6) is 0.905. The van der Waals surface area contributed by atoms with Crippen molar-refractivity contribution in [2.24, 2.45) is 0 Å². The molecule has 0 fully saturated rings. The van der Waals surface area contributed by atoms with Crippen molar-refractivity contribution < 1.29 is 0 Å². The van der Waals surface area contributed by atoms with E-state index in [1.807, 2.05) is 24.7 Å². The van der Waals surface area contributed by atoms with E-state index in [4.69, 9.17) is 4.98 Å². The number of pyridine rings is 2. The van der Waals surface area contributed by atoms with Crippen LogP contribution in [0.15, 0.2) is 116 Å². The summed E-state index contributed by atoms with van der Waals surface area (Å²) >= 11 is 0. The molecule has 8 rings (SSSR count). The molecule has 0 N–H and O–H groups in total. The molecule has 38 heavy (non-hydrogen) atoms. The number of rotatable bonds is 2. The molecular formula is C35H25N3. The molecule has 0 saturated heterocycles. The van der Waals surface area contributed by atoms with Crippen molar-refractivity contribution in [3.05, 3.63) is 127 Å². The van der Waals surface area contributed by atoms with E-state index in [9.17, 15) is 0 Å². The standard InChI is InChI=1S/C35H25N3/c1-35(2)29-13-4-3-11-25(29)27-19-28-26-12-5-8-22-9-6-14-31(34(22)26)38(32(28)20-30(27)35)33-18-23(15-17-37-33)24-10-7-16-36-21-24/h3-21H,1-2H3. The lowest BCUT2D eigenvalue weighted by molar-refractivity contribution is 0.660. The van der Waals surface area contributed by atoms with Gasteiger partial charge in [0.1, 0.15) is 5.82 Å². The van der Waals surface area contributed by atoms with Gasteiger partial charge in [-0.2, -0.15) is 0 Å². The minimum atomic E-state index is -0.0828. The maximum atomic E-state index is 4.92. The number of hydrogen-bond acceptors (Lipinski definition) is 3. The van der Waals surface area contributed by atoms with Crippen molar-refractivity contribution in [1.29, 1.82) is 0 Å². The zero-order valence-electron chi connectivity index (χ0n) is 21.3. The lowest BCUT2D eigenvalue weighted by Crippen LogP contribution is -2.19. The van der Waals surface area contributed by atoms with Gasteiger partial charge in [0.05, 0.1) is 11.4 Å². The third-order valence-corrected chi connectivity index (χ3v) is 8.32. The van der Waals surface area contributed by atoms with E-state index < -0.39 is 0 Å². The molecule has 1 aliphatic heterocycles. The summed E-state index contributed by atoms with van der Waals surface area (Å²) < 4.78 is 0. The minimum Gasteiger partial charge on any atom is -0.294 e. The highest BCUT2D eigenvalue weighted by Crippen LogP contribution is 2.56. The molecule has 3 heteroatoms. The molecule has 1 aliphatic carbocycles. The van der Waals surface area contributed by atoms with Crippen molar-refractivity contribution in [2.75, 3.05) is 4.90 Å². The SMILES string of the molecule is CC1(C)c2ccccc2-c2cc3c(cc21)N(c1cc(-c2cccnc2)ccn1)c1cccc2cccc-3c12. The van der Waals surface area contributed by atoms with E-state index in [2.05, 4.69) is 115 Å². The fourth-order valence-electron chi connectivity index (χ4n) is 6.50. The van der Waals surface area contributed by atoms with Crippen molar-refractivity contribution in [3.8, 4) is 33.4 Å². The molecule has 4 aromatic carbocycles. The van der Waals surface area contributed by atoms with Crippen LogP contribution in [0.1, 0.15) is 25.0 Å². The predicted octanol–water partition coefficient (Wildman–Crippen LogP) is 9.05. The molecular weight excluding hydrogens is 462 g/mol. The summed E-state index contributed by atoms with van der Waals surface area (Å²) in [6.07, 6.45) is 5.63. The quantitative estimate of drug-likeness (QED) is 0.244. The van der Waals surface area contributed by atoms with Gasteiger partial charge in [0, 0.05) is 40.5 Å². The van der Waals surface area contributed by atoms with Crippen molar-refractivity contribution >= 4 is 28.0 Å². The van der Waals surface area contributed by atoms with Gasteiger partial charge in [0.15, 0.2) is 0 Å². The van der Waals surface area contributed by atoms with Gasteiger partial charge in [-0.3, -0.25) is 9.88 Å². The monoisotopic (exact) mass is 487 g/mol. The molecule has 2 aromatic heterocycles. The summed E-state index contributed by atoms with van der Waals surface area (Å²) in [6, 6.07) is 35.2. The first kappa shape index (κ1) is 21.3. The summed E-state index contributed by atoms with van der Waals surface area (Å²) in [6.45, 7) is 4.68. The summed E-state index contributed by atoms with van der Waals surface area (Å²) in [5, 5.41) is 2.50. The van der Waals surface area contributed by atoms with E-state index in [1.165, 1.54) is 49.8 Å². The Hall–Kier alpha value is -4.76. The Balaban J connectivity index is 1.44.